The first kappa shape index (κ1) is 11.8. The molecule has 0 bridgehead atoms. The Morgan fingerprint density at radius 3 is 2.86 bits per heavy atom. The fourth-order valence-electron chi connectivity index (χ4n) is 1.27. The molecule has 2 atom stereocenters. The summed E-state index contributed by atoms with van der Waals surface area (Å²) in [4.78, 5) is 11.4. The second-order valence-electron chi connectivity index (χ2n) is 3.09. The van der Waals surface area contributed by atoms with Gasteiger partial charge in [0.1, 0.15) is 4.49 Å². The van der Waals surface area contributed by atoms with E-state index in [0.29, 0.717) is 19.5 Å². The highest BCUT2D eigenvalue weighted by Gasteiger charge is 2.27. The topological polar surface area (TPSA) is 61.4 Å². The third-order valence-electron chi connectivity index (χ3n) is 1.96. The van der Waals surface area contributed by atoms with E-state index in [-0.39, 0.29) is 16.4 Å². The van der Waals surface area contributed by atoms with E-state index >= 15 is 0 Å². The Morgan fingerprint density at radius 1 is 1.64 bits per heavy atom. The predicted octanol–water partition coefficient (Wildman–Crippen LogP) is 0.144. The largest absolute Gasteiger partial charge is 0.392 e. The SMILES string of the molecule is O=C(NCC=C(Cl)Cl)C1CC(O)CN1. The smallest absolute Gasteiger partial charge is 0.237 e. The van der Waals surface area contributed by atoms with Crippen LogP contribution in [-0.4, -0.2) is 36.2 Å². The molecular weight excluding hydrogens is 227 g/mol. The lowest BCUT2D eigenvalue weighted by atomic mass is 10.2. The lowest BCUT2D eigenvalue weighted by Gasteiger charge is -2.08. The normalized spacial score (nSPS) is 25.9. The molecule has 1 fully saturated rings. The van der Waals surface area contributed by atoms with Gasteiger partial charge in [-0.15, -0.1) is 0 Å². The molecule has 1 aliphatic heterocycles. The Labute approximate surface area is 92.3 Å². The Balaban J connectivity index is 2.25. The second-order valence-corrected chi connectivity index (χ2v) is 4.10. The summed E-state index contributed by atoms with van der Waals surface area (Å²) in [6, 6.07) is -0.312. The molecule has 3 N–H and O–H groups in total. The summed E-state index contributed by atoms with van der Waals surface area (Å²) in [6.07, 6.45) is 1.51. The van der Waals surface area contributed by atoms with Crippen LogP contribution in [0.5, 0.6) is 0 Å². The summed E-state index contributed by atoms with van der Waals surface area (Å²) < 4.78 is 0.129. The highest BCUT2D eigenvalue weighted by Crippen LogP contribution is 2.07. The number of nitrogens with one attached hydrogen (secondary N) is 2. The quantitative estimate of drug-likeness (QED) is 0.656. The monoisotopic (exact) mass is 238 g/mol. The summed E-state index contributed by atoms with van der Waals surface area (Å²) in [5.74, 6) is -0.146. The average molecular weight is 239 g/mol. The third-order valence-corrected chi connectivity index (χ3v) is 2.27. The van der Waals surface area contributed by atoms with Crippen LogP contribution in [0.15, 0.2) is 10.6 Å². The summed E-state index contributed by atoms with van der Waals surface area (Å²) in [7, 11) is 0. The minimum absolute atomic E-state index is 0.129. The van der Waals surface area contributed by atoms with Crippen molar-refractivity contribution in [3.05, 3.63) is 10.6 Å². The van der Waals surface area contributed by atoms with Crippen LogP contribution in [0, 0.1) is 0 Å². The molecule has 0 radical (unpaired) electrons. The van der Waals surface area contributed by atoms with Gasteiger partial charge in [-0.2, -0.15) is 0 Å². The zero-order chi connectivity index (χ0) is 10.6. The summed E-state index contributed by atoms with van der Waals surface area (Å²) in [5, 5.41) is 14.7. The van der Waals surface area contributed by atoms with Crippen molar-refractivity contribution in [2.75, 3.05) is 13.1 Å². The van der Waals surface area contributed by atoms with Crippen molar-refractivity contribution >= 4 is 29.1 Å². The molecule has 1 saturated heterocycles. The van der Waals surface area contributed by atoms with Gasteiger partial charge in [0.05, 0.1) is 12.1 Å². The first-order chi connectivity index (χ1) is 6.59. The van der Waals surface area contributed by atoms with Crippen molar-refractivity contribution in [3.8, 4) is 0 Å². The van der Waals surface area contributed by atoms with Gasteiger partial charge in [-0.3, -0.25) is 4.79 Å². The fourth-order valence-corrected chi connectivity index (χ4v) is 1.42. The van der Waals surface area contributed by atoms with Gasteiger partial charge >= 0.3 is 0 Å². The van der Waals surface area contributed by atoms with Crippen LogP contribution in [0.25, 0.3) is 0 Å². The predicted molar refractivity (Wildman–Crippen MR) is 55.2 cm³/mol. The molecule has 0 aromatic heterocycles. The minimum atomic E-state index is -0.432. The molecule has 2 unspecified atom stereocenters. The van der Waals surface area contributed by atoms with Crippen molar-refractivity contribution in [2.24, 2.45) is 0 Å². The van der Waals surface area contributed by atoms with Gasteiger partial charge in [0.2, 0.25) is 5.91 Å². The number of β-amino-alcohol motifs (C(OH)–C–C–N with tert-alkyl or cyclic N) is 1. The number of rotatable bonds is 3. The van der Waals surface area contributed by atoms with E-state index in [1.165, 1.54) is 6.08 Å². The van der Waals surface area contributed by atoms with Gasteiger partial charge in [0.15, 0.2) is 0 Å². The molecule has 4 nitrogen and oxygen atoms in total. The van der Waals surface area contributed by atoms with E-state index < -0.39 is 6.10 Å². The molecule has 0 aliphatic carbocycles. The van der Waals surface area contributed by atoms with E-state index in [9.17, 15) is 4.79 Å². The first-order valence-electron chi connectivity index (χ1n) is 4.30. The molecule has 0 spiro atoms. The molecule has 1 heterocycles. The van der Waals surface area contributed by atoms with Crippen LogP contribution in [0.2, 0.25) is 0 Å². The molecule has 6 heteroatoms. The molecule has 1 amide bonds. The van der Waals surface area contributed by atoms with E-state index in [4.69, 9.17) is 28.3 Å². The number of aliphatic hydroxyl groups excluding tert-OH is 1. The molecule has 0 saturated carbocycles. The molecule has 14 heavy (non-hydrogen) atoms. The standard InChI is InChI=1S/C8H12Cl2N2O2/c9-7(10)1-2-11-8(14)6-3-5(13)4-12-6/h1,5-6,12-13H,2-4H2,(H,11,14). The van der Waals surface area contributed by atoms with Gasteiger partial charge in [-0.05, 0) is 12.5 Å². The van der Waals surface area contributed by atoms with Crippen LogP contribution < -0.4 is 10.6 Å². The molecule has 1 rings (SSSR count). The molecular formula is C8H12Cl2N2O2. The third kappa shape index (κ3) is 3.84. The van der Waals surface area contributed by atoms with Crippen molar-refractivity contribution in [1.82, 2.24) is 10.6 Å². The van der Waals surface area contributed by atoms with E-state index in [0.717, 1.165) is 0 Å². The van der Waals surface area contributed by atoms with Crippen molar-refractivity contribution in [3.63, 3.8) is 0 Å². The molecule has 0 aromatic rings. The van der Waals surface area contributed by atoms with Gasteiger partial charge in [0.25, 0.3) is 0 Å². The maximum atomic E-state index is 11.4. The van der Waals surface area contributed by atoms with E-state index in [2.05, 4.69) is 10.6 Å². The minimum Gasteiger partial charge on any atom is -0.392 e. The maximum absolute atomic E-state index is 11.4. The lowest BCUT2D eigenvalue weighted by molar-refractivity contribution is -0.122. The molecule has 0 aromatic carbocycles. The van der Waals surface area contributed by atoms with Crippen molar-refractivity contribution in [2.45, 2.75) is 18.6 Å². The Bertz CT molecular complexity index is 241. The number of amides is 1. The van der Waals surface area contributed by atoms with Gasteiger partial charge in [0, 0.05) is 13.1 Å². The summed E-state index contributed by atoms with van der Waals surface area (Å²) in [5.41, 5.74) is 0. The Morgan fingerprint density at radius 2 is 2.36 bits per heavy atom. The van der Waals surface area contributed by atoms with Crippen LogP contribution >= 0.6 is 23.2 Å². The number of aliphatic hydroxyl groups is 1. The summed E-state index contributed by atoms with van der Waals surface area (Å²) >= 11 is 10.7. The first-order valence-corrected chi connectivity index (χ1v) is 5.05. The van der Waals surface area contributed by atoms with Gasteiger partial charge in [-0.25, -0.2) is 0 Å². The second kappa shape index (κ2) is 5.56. The number of carbonyl (C=O) groups is 1. The number of hydrogen-bond donors (Lipinski definition) is 3. The van der Waals surface area contributed by atoms with Crippen molar-refractivity contribution in [1.29, 1.82) is 0 Å². The van der Waals surface area contributed by atoms with Crippen LogP contribution in [-0.2, 0) is 4.79 Å². The fraction of sp³-hybridized carbons (Fsp3) is 0.625. The zero-order valence-corrected chi connectivity index (χ0v) is 8.98. The number of halogens is 2. The maximum Gasteiger partial charge on any atom is 0.237 e. The van der Waals surface area contributed by atoms with Gasteiger partial charge < -0.3 is 15.7 Å². The van der Waals surface area contributed by atoms with E-state index in [1.807, 2.05) is 0 Å². The summed E-state index contributed by atoms with van der Waals surface area (Å²) in [6.45, 7) is 0.764. The van der Waals surface area contributed by atoms with Gasteiger partial charge in [-0.1, -0.05) is 23.2 Å². The number of hydrogen-bond acceptors (Lipinski definition) is 3. The van der Waals surface area contributed by atoms with E-state index in [1.54, 1.807) is 0 Å². The van der Waals surface area contributed by atoms with Crippen molar-refractivity contribution < 1.29 is 9.90 Å². The number of carbonyl (C=O) groups excluding carboxylic acids is 1. The highest BCUT2D eigenvalue weighted by atomic mass is 35.5. The highest BCUT2D eigenvalue weighted by molar-refractivity contribution is 6.55. The Kier molecular flexibility index (Phi) is 4.68. The zero-order valence-electron chi connectivity index (χ0n) is 7.46. The van der Waals surface area contributed by atoms with Crippen LogP contribution in [0.3, 0.4) is 0 Å². The molecule has 80 valence electrons. The molecule has 1 aliphatic rings. The Hall–Kier alpha value is -0.290. The lowest BCUT2D eigenvalue weighted by Crippen LogP contribution is -2.40. The van der Waals surface area contributed by atoms with Crippen LogP contribution in [0.4, 0.5) is 0 Å². The van der Waals surface area contributed by atoms with Crippen LogP contribution in [0.1, 0.15) is 6.42 Å². The average Bonchev–Trinajstić information content (AvgIpc) is 2.51.